The summed E-state index contributed by atoms with van der Waals surface area (Å²) in [4.78, 5) is 13.7. The van der Waals surface area contributed by atoms with Crippen LogP contribution in [0.25, 0.3) is 0 Å². The Morgan fingerprint density at radius 2 is 1.90 bits per heavy atom. The number of aromatic carboxylic acids is 1. The lowest BCUT2D eigenvalue weighted by Crippen LogP contribution is -2.36. The maximum Gasteiger partial charge on any atom is 0.354 e. The maximum atomic E-state index is 12.3. The topological polar surface area (TPSA) is 102 Å². The van der Waals surface area contributed by atoms with E-state index in [0.717, 1.165) is 25.7 Å². The molecular weight excluding hydrogens is 282 g/mol. The van der Waals surface area contributed by atoms with Gasteiger partial charge < -0.3 is 10.1 Å². The van der Waals surface area contributed by atoms with Gasteiger partial charge in [0.1, 0.15) is 5.69 Å². The molecule has 1 aromatic heterocycles. The number of carboxylic acid groups (broad SMARTS) is 1. The zero-order valence-electron chi connectivity index (χ0n) is 11.3. The van der Waals surface area contributed by atoms with Crippen LogP contribution >= 0.6 is 0 Å². The average molecular weight is 301 g/mol. The molecule has 2 heterocycles. The van der Waals surface area contributed by atoms with E-state index >= 15 is 0 Å². The van der Waals surface area contributed by atoms with Crippen LogP contribution in [0.4, 0.5) is 5.69 Å². The molecule has 0 spiro atoms. The van der Waals surface area contributed by atoms with E-state index in [1.807, 2.05) is 0 Å². The first-order valence-corrected chi connectivity index (χ1v) is 8.05. The number of H-pyrrole nitrogens is 1. The molecule has 0 saturated carbocycles. The summed E-state index contributed by atoms with van der Waals surface area (Å²) in [6.07, 6.45) is 3.71. The van der Waals surface area contributed by atoms with Crippen LogP contribution in [-0.4, -0.2) is 41.9 Å². The molecule has 1 aliphatic rings. The molecule has 0 atom stereocenters. The monoisotopic (exact) mass is 301 g/mol. The van der Waals surface area contributed by atoms with Gasteiger partial charge in [-0.3, -0.25) is 4.72 Å². The molecule has 20 heavy (non-hydrogen) atoms. The zero-order chi connectivity index (χ0) is 14.8. The smallest absolute Gasteiger partial charge is 0.354 e. The fraction of sp³-hybridized carbons (Fsp3) is 0.583. The van der Waals surface area contributed by atoms with Crippen molar-refractivity contribution in [3.8, 4) is 0 Å². The molecule has 0 amide bonds. The van der Waals surface area contributed by atoms with Crippen LogP contribution in [0.15, 0.2) is 6.07 Å². The summed E-state index contributed by atoms with van der Waals surface area (Å²) in [5, 5.41) is 9.05. The van der Waals surface area contributed by atoms with Gasteiger partial charge in [0, 0.05) is 18.8 Å². The number of nitrogens with zero attached hydrogens (tertiary/aromatic N) is 1. The van der Waals surface area contributed by atoms with Gasteiger partial charge in [-0.25, -0.2) is 4.79 Å². The van der Waals surface area contributed by atoms with Crippen molar-refractivity contribution in [2.24, 2.45) is 0 Å². The minimum atomic E-state index is -3.70. The Morgan fingerprint density at radius 1 is 1.30 bits per heavy atom. The van der Waals surface area contributed by atoms with Crippen molar-refractivity contribution in [1.82, 2.24) is 9.29 Å². The van der Waals surface area contributed by atoms with E-state index in [-0.39, 0.29) is 11.4 Å². The molecule has 8 heteroatoms. The first kappa shape index (κ1) is 14.9. The van der Waals surface area contributed by atoms with Gasteiger partial charge in [-0.05, 0) is 25.8 Å². The Hall–Kier alpha value is -1.54. The van der Waals surface area contributed by atoms with Gasteiger partial charge in [-0.1, -0.05) is 12.8 Å². The molecule has 0 unspecified atom stereocenters. The summed E-state index contributed by atoms with van der Waals surface area (Å²) in [7, 11) is -3.70. The second-order valence-electron chi connectivity index (χ2n) is 4.97. The lowest BCUT2D eigenvalue weighted by Gasteiger charge is -2.20. The second kappa shape index (κ2) is 5.84. The van der Waals surface area contributed by atoms with E-state index in [1.165, 1.54) is 10.4 Å². The third-order valence-corrected chi connectivity index (χ3v) is 4.83. The summed E-state index contributed by atoms with van der Waals surface area (Å²) in [6, 6.07) is 1.48. The van der Waals surface area contributed by atoms with Crippen molar-refractivity contribution in [3.05, 3.63) is 17.5 Å². The van der Waals surface area contributed by atoms with Gasteiger partial charge in [0.2, 0.25) is 0 Å². The van der Waals surface area contributed by atoms with Crippen LogP contribution in [-0.2, 0) is 10.2 Å². The number of rotatable bonds is 4. The molecule has 0 radical (unpaired) electrons. The Morgan fingerprint density at radius 3 is 2.45 bits per heavy atom. The molecule has 0 aliphatic carbocycles. The summed E-state index contributed by atoms with van der Waals surface area (Å²) in [5.74, 6) is -1.19. The quantitative estimate of drug-likeness (QED) is 0.785. The highest BCUT2D eigenvalue weighted by Crippen LogP contribution is 2.21. The van der Waals surface area contributed by atoms with Gasteiger partial charge >= 0.3 is 16.2 Å². The van der Waals surface area contributed by atoms with Crippen LogP contribution in [0.5, 0.6) is 0 Å². The van der Waals surface area contributed by atoms with Gasteiger partial charge in [-0.15, -0.1) is 0 Å². The van der Waals surface area contributed by atoms with Crippen LogP contribution < -0.4 is 4.72 Å². The van der Waals surface area contributed by atoms with Gasteiger partial charge in [0.05, 0.1) is 5.69 Å². The highest BCUT2D eigenvalue weighted by molar-refractivity contribution is 7.90. The second-order valence-corrected chi connectivity index (χ2v) is 6.64. The van der Waals surface area contributed by atoms with Gasteiger partial charge in [0.15, 0.2) is 0 Å². The van der Waals surface area contributed by atoms with Crippen molar-refractivity contribution < 1.29 is 18.3 Å². The first-order chi connectivity index (χ1) is 9.40. The molecule has 112 valence electrons. The summed E-state index contributed by atoms with van der Waals surface area (Å²) >= 11 is 0. The Labute approximate surface area is 118 Å². The molecule has 7 nitrogen and oxygen atoms in total. The third kappa shape index (κ3) is 3.31. The molecule has 2 rings (SSSR count). The number of hydrogen-bond acceptors (Lipinski definition) is 3. The number of anilines is 1. The van der Waals surface area contributed by atoms with E-state index in [0.29, 0.717) is 18.8 Å². The SMILES string of the molecule is Cc1cc(NS(=O)(=O)N2CCCCCC2)c(C(=O)O)[nH]1. The number of carboxylic acids is 1. The third-order valence-electron chi connectivity index (χ3n) is 3.31. The highest BCUT2D eigenvalue weighted by atomic mass is 32.2. The Bertz CT molecular complexity index is 586. The minimum absolute atomic E-state index is 0.0826. The summed E-state index contributed by atoms with van der Waals surface area (Å²) in [6.45, 7) is 2.62. The van der Waals surface area contributed by atoms with E-state index < -0.39 is 16.2 Å². The van der Waals surface area contributed by atoms with E-state index in [4.69, 9.17) is 5.11 Å². The fourth-order valence-corrected chi connectivity index (χ4v) is 3.63. The standard InChI is InChI=1S/C12H19N3O4S/c1-9-8-10(11(13-9)12(16)17)14-20(18,19)15-6-4-2-3-5-7-15/h8,13-14H,2-7H2,1H3,(H,16,17). The van der Waals surface area contributed by atoms with Crippen LogP contribution in [0, 0.1) is 6.92 Å². The number of carbonyl (C=O) groups is 1. The van der Waals surface area contributed by atoms with Crippen LogP contribution in [0.3, 0.4) is 0 Å². The zero-order valence-corrected chi connectivity index (χ0v) is 12.2. The predicted molar refractivity (Wildman–Crippen MR) is 75.1 cm³/mol. The van der Waals surface area contributed by atoms with Crippen molar-refractivity contribution in [1.29, 1.82) is 0 Å². The van der Waals surface area contributed by atoms with Crippen molar-refractivity contribution in [3.63, 3.8) is 0 Å². The van der Waals surface area contributed by atoms with Crippen molar-refractivity contribution >= 4 is 21.9 Å². The van der Waals surface area contributed by atoms with Crippen molar-refractivity contribution in [2.75, 3.05) is 17.8 Å². The number of aromatic nitrogens is 1. The fourth-order valence-electron chi connectivity index (χ4n) is 2.32. The van der Waals surface area contributed by atoms with Crippen molar-refractivity contribution in [2.45, 2.75) is 32.6 Å². The van der Waals surface area contributed by atoms with E-state index in [1.54, 1.807) is 6.92 Å². The molecule has 1 saturated heterocycles. The number of hydrogen-bond donors (Lipinski definition) is 3. The molecule has 1 aliphatic heterocycles. The largest absolute Gasteiger partial charge is 0.477 e. The van der Waals surface area contributed by atoms with Gasteiger partial charge in [0.25, 0.3) is 0 Å². The lowest BCUT2D eigenvalue weighted by molar-refractivity contribution is 0.0692. The summed E-state index contributed by atoms with van der Waals surface area (Å²) < 4.78 is 28.4. The number of nitrogens with one attached hydrogen (secondary N) is 2. The van der Waals surface area contributed by atoms with E-state index in [9.17, 15) is 13.2 Å². The minimum Gasteiger partial charge on any atom is -0.477 e. The average Bonchev–Trinajstić information content (AvgIpc) is 2.59. The van der Waals surface area contributed by atoms with Crippen LogP contribution in [0.1, 0.15) is 41.9 Å². The lowest BCUT2D eigenvalue weighted by atomic mass is 10.2. The Kier molecular flexibility index (Phi) is 4.34. The molecule has 1 aromatic rings. The molecular formula is C12H19N3O4S. The number of aryl methyl sites for hydroxylation is 1. The summed E-state index contributed by atoms with van der Waals surface area (Å²) in [5.41, 5.74) is 0.538. The van der Waals surface area contributed by atoms with E-state index in [2.05, 4.69) is 9.71 Å². The maximum absolute atomic E-state index is 12.3. The normalized spacial score (nSPS) is 17.6. The molecule has 0 aromatic carbocycles. The van der Waals surface area contributed by atoms with Gasteiger partial charge in [-0.2, -0.15) is 12.7 Å². The number of aromatic amines is 1. The predicted octanol–water partition coefficient (Wildman–Crippen LogP) is 1.55. The highest BCUT2D eigenvalue weighted by Gasteiger charge is 2.25. The molecule has 1 fully saturated rings. The molecule has 0 bridgehead atoms. The Balaban J connectivity index is 2.21. The van der Waals surface area contributed by atoms with Crippen LogP contribution in [0.2, 0.25) is 0 Å². The molecule has 3 N–H and O–H groups in total. The first-order valence-electron chi connectivity index (χ1n) is 6.61.